The molecular weight excluding hydrogens is 597 g/mol. The zero-order valence-electron chi connectivity index (χ0n) is 28.2. The summed E-state index contributed by atoms with van der Waals surface area (Å²) < 4.78 is 0. The van der Waals surface area contributed by atoms with Gasteiger partial charge >= 0.3 is 0 Å². The molecule has 5 aromatic carbocycles. The minimum absolute atomic E-state index is 0.302. The van der Waals surface area contributed by atoms with Gasteiger partial charge in [0.15, 0.2) is 17.5 Å². The van der Waals surface area contributed by atoms with Crippen LogP contribution in [-0.2, 0) is 5.41 Å². The van der Waals surface area contributed by atoms with Gasteiger partial charge in [0.25, 0.3) is 0 Å². The van der Waals surface area contributed by atoms with Crippen molar-refractivity contribution in [1.29, 1.82) is 5.26 Å². The van der Waals surface area contributed by atoms with Crippen molar-refractivity contribution in [2.45, 2.75) is 51.4 Å². The molecule has 49 heavy (non-hydrogen) atoms. The molecule has 0 amide bonds. The Morgan fingerprint density at radius 2 is 0.959 bits per heavy atom. The average molecular weight is 637 g/mol. The first-order valence-corrected chi connectivity index (χ1v) is 17.6. The molecule has 0 radical (unpaired) electrons. The smallest absolute Gasteiger partial charge is 0.164 e. The van der Waals surface area contributed by atoms with E-state index in [0.717, 1.165) is 51.1 Å². The first-order valence-electron chi connectivity index (χ1n) is 17.6. The molecule has 0 saturated heterocycles. The van der Waals surface area contributed by atoms with Crippen LogP contribution < -0.4 is 0 Å². The minimum Gasteiger partial charge on any atom is -0.208 e. The molecule has 0 N–H and O–H groups in total. The van der Waals surface area contributed by atoms with Gasteiger partial charge in [-0.15, -0.1) is 0 Å². The fourth-order valence-corrected chi connectivity index (χ4v) is 8.84. The summed E-state index contributed by atoms with van der Waals surface area (Å²) in [5, 5.41) is 9.37. The van der Waals surface area contributed by atoms with Gasteiger partial charge in [0.05, 0.1) is 11.6 Å². The van der Waals surface area contributed by atoms with E-state index in [4.69, 9.17) is 15.0 Å². The third-order valence-corrected chi connectivity index (χ3v) is 10.7. The molecule has 4 atom stereocenters. The monoisotopic (exact) mass is 636 g/mol. The number of fused-ring (bicyclic) bond motifs is 2. The van der Waals surface area contributed by atoms with Gasteiger partial charge in [0, 0.05) is 16.7 Å². The van der Waals surface area contributed by atoms with Crippen molar-refractivity contribution in [1.82, 2.24) is 15.0 Å². The summed E-state index contributed by atoms with van der Waals surface area (Å²) in [6.07, 6.45) is 6.70. The molecule has 8 rings (SSSR count). The molecule has 0 aliphatic heterocycles. The largest absolute Gasteiger partial charge is 0.208 e. The third kappa shape index (κ3) is 6.30. The van der Waals surface area contributed by atoms with Crippen LogP contribution in [0.2, 0.25) is 0 Å². The summed E-state index contributed by atoms with van der Waals surface area (Å²) in [4.78, 5) is 15.0. The van der Waals surface area contributed by atoms with E-state index in [2.05, 4.69) is 92.7 Å². The molecule has 4 nitrogen and oxygen atoms in total. The molecule has 1 heterocycles. The fourth-order valence-electron chi connectivity index (χ4n) is 8.84. The van der Waals surface area contributed by atoms with Crippen molar-refractivity contribution < 1.29 is 0 Å². The lowest BCUT2D eigenvalue weighted by Gasteiger charge is -2.50. The molecule has 2 fully saturated rings. The third-order valence-electron chi connectivity index (χ3n) is 10.7. The summed E-state index contributed by atoms with van der Waals surface area (Å²) in [6, 6.07) is 46.4. The molecule has 2 saturated carbocycles. The van der Waals surface area contributed by atoms with Crippen LogP contribution in [0.3, 0.4) is 0 Å². The predicted molar refractivity (Wildman–Crippen MR) is 198 cm³/mol. The second-order valence-corrected chi connectivity index (χ2v) is 14.5. The molecular formula is C45H40N4. The summed E-state index contributed by atoms with van der Waals surface area (Å²) in [6.45, 7) is 4.91. The van der Waals surface area contributed by atoms with Crippen LogP contribution in [0.5, 0.6) is 0 Å². The summed E-state index contributed by atoms with van der Waals surface area (Å²) in [5.41, 5.74) is 9.68. The van der Waals surface area contributed by atoms with E-state index in [-0.39, 0.29) is 0 Å². The van der Waals surface area contributed by atoms with Crippen molar-refractivity contribution in [3.63, 3.8) is 0 Å². The molecule has 2 aliphatic rings. The van der Waals surface area contributed by atoms with Crippen molar-refractivity contribution in [2.24, 2.45) is 17.8 Å². The number of nitriles is 1. The highest BCUT2D eigenvalue weighted by atomic mass is 15.0. The maximum Gasteiger partial charge on any atom is 0.164 e. The van der Waals surface area contributed by atoms with Crippen molar-refractivity contribution in [2.75, 3.05) is 0 Å². The molecule has 4 heteroatoms. The lowest BCUT2D eigenvalue weighted by molar-refractivity contribution is 0.0780. The van der Waals surface area contributed by atoms with Gasteiger partial charge in [-0.1, -0.05) is 98.8 Å². The number of benzene rings is 5. The quantitative estimate of drug-likeness (QED) is 0.182. The average Bonchev–Trinajstić information content (AvgIpc) is 3.14. The van der Waals surface area contributed by atoms with Crippen LogP contribution in [0.4, 0.5) is 0 Å². The van der Waals surface area contributed by atoms with Crippen LogP contribution in [0.25, 0.3) is 56.4 Å². The SMILES string of the molecule is C[C@@H]1CC2C[C@H](C)CC(c3ccc(-c4cc(-c5ccccc5)cc(-c5nc(-c6ccccc6)nc(-c6ccc(C#N)cc6)n5)c4)cc3)(C2)C1. The predicted octanol–water partition coefficient (Wildman–Crippen LogP) is 11.2. The van der Waals surface area contributed by atoms with E-state index < -0.39 is 0 Å². The van der Waals surface area contributed by atoms with Crippen LogP contribution in [0, 0.1) is 29.1 Å². The Kier molecular flexibility index (Phi) is 8.14. The highest BCUT2D eigenvalue weighted by Crippen LogP contribution is 2.54. The molecule has 2 unspecified atom stereocenters. The van der Waals surface area contributed by atoms with E-state index in [0.29, 0.717) is 28.5 Å². The van der Waals surface area contributed by atoms with E-state index in [1.807, 2.05) is 42.5 Å². The van der Waals surface area contributed by atoms with Gasteiger partial charge in [-0.2, -0.15) is 5.26 Å². The van der Waals surface area contributed by atoms with Gasteiger partial charge < -0.3 is 0 Å². The van der Waals surface area contributed by atoms with Crippen LogP contribution in [-0.4, -0.2) is 15.0 Å². The maximum absolute atomic E-state index is 9.37. The van der Waals surface area contributed by atoms with Crippen LogP contribution in [0.1, 0.15) is 57.1 Å². The van der Waals surface area contributed by atoms with Gasteiger partial charge in [0.1, 0.15) is 0 Å². The Morgan fingerprint density at radius 1 is 0.510 bits per heavy atom. The van der Waals surface area contributed by atoms with Crippen molar-refractivity contribution in [3.05, 3.63) is 139 Å². The summed E-state index contributed by atoms with van der Waals surface area (Å²) >= 11 is 0. The van der Waals surface area contributed by atoms with E-state index in [9.17, 15) is 5.26 Å². The van der Waals surface area contributed by atoms with Crippen LogP contribution >= 0.6 is 0 Å². The maximum atomic E-state index is 9.37. The van der Waals surface area contributed by atoms with Crippen LogP contribution in [0.15, 0.2) is 127 Å². The fraction of sp³-hybridized carbons (Fsp3) is 0.244. The Labute approximate surface area is 289 Å². The van der Waals surface area contributed by atoms with Gasteiger partial charge in [-0.25, -0.2) is 15.0 Å². The van der Waals surface area contributed by atoms with Crippen molar-refractivity contribution in [3.8, 4) is 62.5 Å². The standard InChI is InChI=1S/C45H40N4/c1-30-21-33-22-31(2)27-45(26-30,28-33)41-19-17-35(18-20-41)39-23-38(34-9-5-3-6-10-34)24-40(25-39)44-48-42(36-11-7-4-8-12-36)47-43(49-44)37-15-13-32(29-46)14-16-37/h3-20,23-25,30-31,33H,21-22,26-28H2,1-2H3/t30-,31+,33?,45?. The lowest BCUT2D eigenvalue weighted by atomic mass is 9.54. The molecule has 0 spiro atoms. The normalized spacial score (nSPS) is 21.5. The zero-order valence-corrected chi connectivity index (χ0v) is 28.2. The zero-order chi connectivity index (χ0) is 33.4. The van der Waals surface area contributed by atoms with Gasteiger partial charge in [-0.3, -0.25) is 0 Å². The van der Waals surface area contributed by atoms with E-state index >= 15 is 0 Å². The first kappa shape index (κ1) is 30.9. The van der Waals surface area contributed by atoms with Gasteiger partial charge in [0.2, 0.25) is 0 Å². The lowest BCUT2D eigenvalue weighted by Crippen LogP contribution is -2.42. The first-order chi connectivity index (χ1) is 23.9. The molecule has 240 valence electrons. The molecule has 2 bridgehead atoms. The van der Waals surface area contributed by atoms with E-state index in [1.165, 1.54) is 43.2 Å². The Balaban J connectivity index is 1.25. The number of aromatic nitrogens is 3. The molecule has 1 aromatic heterocycles. The number of hydrogen-bond acceptors (Lipinski definition) is 4. The van der Waals surface area contributed by atoms with Crippen molar-refractivity contribution >= 4 is 0 Å². The Hall–Kier alpha value is -5.40. The van der Waals surface area contributed by atoms with E-state index in [1.54, 1.807) is 12.1 Å². The highest BCUT2D eigenvalue weighted by Gasteiger charge is 2.45. The summed E-state index contributed by atoms with van der Waals surface area (Å²) in [5.74, 6) is 4.22. The molecule has 6 aromatic rings. The topological polar surface area (TPSA) is 62.5 Å². The number of hydrogen-bond donors (Lipinski definition) is 0. The Bertz CT molecular complexity index is 2110. The second-order valence-electron chi connectivity index (χ2n) is 14.5. The number of nitrogens with zero attached hydrogens (tertiary/aromatic N) is 4. The Morgan fingerprint density at radius 3 is 1.51 bits per heavy atom. The second kappa shape index (κ2) is 12.9. The minimum atomic E-state index is 0.302. The highest BCUT2D eigenvalue weighted by molar-refractivity contribution is 5.80. The van der Waals surface area contributed by atoms with Gasteiger partial charge in [-0.05, 0) is 126 Å². The molecule has 2 aliphatic carbocycles. The summed E-state index contributed by atoms with van der Waals surface area (Å²) in [7, 11) is 0. The number of rotatable bonds is 6.